The summed E-state index contributed by atoms with van der Waals surface area (Å²) in [6.45, 7) is 0. The van der Waals surface area contributed by atoms with Crippen molar-refractivity contribution < 1.29 is 0 Å². The Balaban J connectivity index is 1.04. The van der Waals surface area contributed by atoms with Gasteiger partial charge in [-0.15, -0.1) is 0 Å². The second-order valence-electron chi connectivity index (χ2n) is 15.2. The first kappa shape index (κ1) is 33.1. The largest absolute Gasteiger partial charge is 0.311 e. The molecule has 12 rings (SSSR count). The Morgan fingerprint density at radius 3 is 1.72 bits per heavy atom. The highest BCUT2D eigenvalue weighted by Crippen LogP contribution is 2.61. The van der Waals surface area contributed by atoms with E-state index in [1.807, 2.05) is 11.8 Å². The zero-order valence-corrected chi connectivity index (χ0v) is 32.4. The summed E-state index contributed by atoms with van der Waals surface area (Å²) >= 11 is 1.91. The third-order valence-corrected chi connectivity index (χ3v) is 13.5. The fourth-order valence-electron chi connectivity index (χ4n) is 9.82. The van der Waals surface area contributed by atoms with E-state index in [0.29, 0.717) is 0 Å². The van der Waals surface area contributed by atoms with Gasteiger partial charge >= 0.3 is 0 Å². The van der Waals surface area contributed by atoms with Crippen LogP contribution < -0.4 is 4.90 Å². The molecule has 3 heterocycles. The van der Waals surface area contributed by atoms with Crippen LogP contribution in [0.15, 0.2) is 228 Å². The standard InChI is InChI=1S/C55H36N2S/c1-3-15-37(16-4-1)38-29-33-41(34-30-38)56(40-17-5-2-6-18-40)42-35-31-39(32-36-42)43-20-13-25-49-54(43)58-52-28-12-9-23-47(52)55(49)46-22-8-11-27-51(46)57-50-26-10-7-19-44(50)45-21-14-24-48(55)53(45)57/h1-36H. The molecule has 0 fully saturated rings. The molecule has 10 aromatic rings. The molecule has 9 aromatic carbocycles. The number of fused-ring (bicyclic) bond motifs is 11. The van der Waals surface area contributed by atoms with Gasteiger partial charge in [0.2, 0.25) is 0 Å². The van der Waals surface area contributed by atoms with E-state index < -0.39 is 5.41 Å². The number of nitrogens with zero attached hydrogens (tertiary/aromatic N) is 2. The van der Waals surface area contributed by atoms with Crippen LogP contribution in [0.5, 0.6) is 0 Å². The zero-order valence-electron chi connectivity index (χ0n) is 31.6. The van der Waals surface area contributed by atoms with Crippen LogP contribution in [0.4, 0.5) is 17.1 Å². The molecule has 1 unspecified atom stereocenters. The minimum atomic E-state index is -0.510. The van der Waals surface area contributed by atoms with Crippen molar-refractivity contribution in [1.29, 1.82) is 0 Å². The van der Waals surface area contributed by atoms with Gasteiger partial charge < -0.3 is 9.47 Å². The van der Waals surface area contributed by atoms with Gasteiger partial charge in [-0.05, 0) is 99.1 Å². The number of benzene rings is 9. The molecule has 2 nitrogen and oxygen atoms in total. The topological polar surface area (TPSA) is 8.17 Å². The number of anilines is 3. The van der Waals surface area contributed by atoms with Crippen molar-refractivity contribution in [3.8, 4) is 27.9 Å². The van der Waals surface area contributed by atoms with Crippen LogP contribution in [0.1, 0.15) is 22.3 Å². The maximum Gasteiger partial charge on any atom is 0.0764 e. The average molecular weight is 757 g/mol. The minimum Gasteiger partial charge on any atom is -0.311 e. The monoisotopic (exact) mass is 756 g/mol. The molecule has 0 radical (unpaired) electrons. The van der Waals surface area contributed by atoms with Crippen molar-refractivity contribution in [2.75, 3.05) is 4.90 Å². The Morgan fingerprint density at radius 1 is 0.379 bits per heavy atom. The van der Waals surface area contributed by atoms with Crippen LogP contribution in [0.3, 0.4) is 0 Å². The van der Waals surface area contributed by atoms with E-state index in [4.69, 9.17) is 0 Å². The van der Waals surface area contributed by atoms with Gasteiger partial charge in [-0.1, -0.05) is 176 Å². The summed E-state index contributed by atoms with van der Waals surface area (Å²) in [7, 11) is 0. The van der Waals surface area contributed by atoms with E-state index in [0.717, 1.165) is 17.1 Å². The van der Waals surface area contributed by atoms with E-state index in [2.05, 4.69) is 228 Å². The lowest BCUT2D eigenvalue weighted by atomic mass is 9.62. The lowest BCUT2D eigenvalue weighted by molar-refractivity contribution is 0.690. The van der Waals surface area contributed by atoms with Gasteiger partial charge in [0.05, 0.1) is 22.1 Å². The van der Waals surface area contributed by atoms with Gasteiger partial charge in [0.1, 0.15) is 0 Å². The van der Waals surface area contributed by atoms with Crippen molar-refractivity contribution >= 4 is 50.6 Å². The van der Waals surface area contributed by atoms with Gasteiger partial charge in [0.25, 0.3) is 0 Å². The van der Waals surface area contributed by atoms with Gasteiger partial charge in [-0.25, -0.2) is 0 Å². The van der Waals surface area contributed by atoms with Crippen molar-refractivity contribution in [2.45, 2.75) is 15.2 Å². The maximum absolute atomic E-state index is 2.51. The lowest BCUT2D eigenvalue weighted by Gasteiger charge is -2.45. The summed E-state index contributed by atoms with van der Waals surface area (Å²) in [5.41, 5.74) is 16.8. The SMILES string of the molecule is c1ccc(-c2ccc(N(c3ccccc3)c3ccc(-c4cccc5c4Sc4ccccc4C54c5ccccc5-n5c6ccccc6c6cccc4c65)cc3)cc2)cc1. The fraction of sp³-hybridized carbons (Fsp3) is 0.0182. The normalized spacial score (nSPS) is 14.9. The van der Waals surface area contributed by atoms with E-state index in [1.54, 1.807) is 0 Å². The molecular weight excluding hydrogens is 721 g/mol. The van der Waals surface area contributed by atoms with Gasteiger partial charge in [-0.3, -0.25) is 0 Å². The number of rotatable bonds is 5. The van der Waals surface area contributed by atoms with E-state index in [9.17, 15) is 0 Å². The summed E-state index contributed by atoms with van der Waals surface area (Å²) < 4.78 is 2.51. The molecule has 58 heavy (non-hydrogen) atoms. The smallest absolute Gasteiger partial charge is 0.0764 e. The van der Waals surface area contributed by atoms with Crippen molar-refractivity contribution in [3.63, 3.8) is 0 Å². The third kappa shape index (κ3) is 4.74. The van der Waals surface area contributed by atoms with Crippen LogP contribution in [0, 0.1) is 0 Å². The molecule has 272 valence electrons. The lowest BCUT2D eigenvalue weighted by Crippen LogP contribution is -2.37. The predicted molar refractivity (Wildman–Crippen MR) is 242 cm³/mol. The molecule has 0 saturated heterocycles. The second kappa shape index (κ2) is 13.0. The van der Waals surface area contributed by atoms with Crippen LogP contribution in [0.2, 0.25) is 0 Å². The van der Waals surface area contributed by atoms with Crippen LogP contribution >= 0.6 is 11.8 Å². The summed E-state index contributed by atoms with van der Waals surface area (Å²) in [5, 5.41) is 2.58. The van der Waals surface area contributed by atoms with Crippen LogP contribution in [-0.4, -0.2) is 4.57 Å². The highest BCUT2D eigenvalue weighted by molar-refractivity contribution is 7.99. The molecule has 3 heteroatoms. The molecule has 0 amide bonds. The highest BCUT2D eigenvalue weighted by atomic mass is 32.2. The molecule has 0 bridgehead atoms. The zero-order chi connectivity index (χ0) is 38.2. The van der Waals surface area contributed by atoms with Gasteiger partial charge in [0, 0.05) is 37.6 Å². The quantitative estimate of drug-likeness (QED) is 0.173. The van der Waals surface area contributed by atoms with E-state index in [-0.39, 0.29) is 0 Å². The van der Waals surface area contributed by atoms with E-state index in [1.165, 1.54) is 81.8 Å². The first-order valence-corrected chi connectivity index (χ1v) is 20.8. The Kier molecular flexibility index (Phi) is 7.41. The summed E-state index contributed by atoms with van der Waals surface area (Å²) in [5.74, 6) is 0. The molecule has 0 N–H and O–H groups in total. The summed E-state index contributed by atoms with van der Waals surface area (Å²) in [6, 6.07) is 80.3. The number of hydrogen-bond donors (Lipinski definition) is 0. The summed E-state index contributed by atoms with van der Waals surface area (Å²) in [4.78, 5) is 4.95. The molecule has 0 aliphatic carbocycles. The summed E-state index contributed by atoms with van der Waals surface area (Å²) in [6.07, 6.45) is 0. The van der Waals surface area contributed by atoms with Crippen molar-refractivity contribution in [2.24, 2.45) is 0 Å². The first-order chi connectivity index (χ1) is 28.8. The Hall–Kier alpha value is -7.07. The minimum absolute atomic E-state index is 0.510. The predicted octanol–water partition coefficient (Wildman–Crippen LogP) is 14.7. The third-order valence-electron chi connectivity index (χ3n) is 12.3. The Morgan fingerprint density at radius 2 is 0.931 bits per heavy atom. The molecule has 1 aromatic heterocycles. The van der Waals surface area contributed by atoms with Crippen LogP contribution in [0.25, 0.3) is 49.7 Å². The fourth-order valence-corrected chi connectivity index (χ4v) is 11.1. The van der Waals surface area contributed by atoms with Crippen LogP contribution in [-0.2, 0) is 5.41 Å². The molecule has 2 aliphatic rings. The second-order valence-corrected chi connectivity index (χ2v) is 16.3. The Labute approximate surface area is 342 Å². The Bertz CT molecular complexity index is 3180. The number of para-hydroxylation sites is 4. The van der Waals surface area contributed by atoms with Crippen molar-refractivity contribution in [3.05, 3.63) is 241 Å². The molecule has 0 saturated carbocycles. The average Bonchev–Trinajstić information content (AvgIpc) is 3.64. The number of hydrogen-bond acceptors (Lipinski definition) is 2. The number of aromatic nitrogens is 1. The van der Waals surface area contributed by atoms with Crippen molar-refractivity contribution in [1.82, 2.24) is 4.57 Å². The molecule has 1 spiro atoms. The highest BCUT2D eigenvalue weighted by Gasteiger charge is 2.49. The molecule has 2 aliphatic heterocycles. The molecule has 1 atom stereocenters. The van der Waals surface area contributed by atoms with Gasteiger partial charge in [-0.2, -0.15) is 0 Å². The molecular formula is C55H36N2S. The first-order valence-electron chi connectivity index (χ1n) is 19.9. The maximum atomic E-state index is 2.51. The van der Waals surface area contributed by atoms with Gasteiger partial charge in [0.15, 0.2) is 0 Å². The van der Waals surface area contributed by atoms with E-state index >= 15 is 0 Å².